The maximum atomic E-state index is 11.7. The zero-order chi connectivity index (χ0) is 24.6. The maximum Gasteiger partial charge on any atom is 0.335 e. The van der Waals surface area contributed by atoms with Gasteiger partial charge in [-0.15, -0.1) is 0 Å². The zero-order valence-electron chi connectivity index (χ0n) is 16.9. The van der Waals surface area contributed by atoms with Crippen LogP contribution >= 0.6 is 0 Å². The Hall–Kier alpha value is -1.09. The summed E-state index contributed by atoms with van der Waals surface area (Å²) in [6, 6.07) is 0. The second-order valence-electron chi connectivity index (χ2n) is 7.88. The van der Waals surface area contributed by atoms with Crippen LogP contribution in [0.1, 0.15) is 0 Å². The predicted octanol–water partition coefficient (Wildman–Crippen LogP) is -6.84. The summed E-state index contributed by atoms with van der Waals surface area (Å²) in [5.74, 6) is -1.69. The van der Waals surface area contributed by atoms with Gasteiger partial charge >= 0.3 is 5.97 Å². The fourth-order valence-corrected chi connectivity index (χ4v) is 3.81. The molecule has 192 valence electrons. The minimum absolute atomic E-state index is 0.715. The molecule has 3 saturated heterocycles. The molecule has 14 atom stereocenters. The van der Waals surface area contributed by atoms with Gasteiger partial charge in [-0.05, 0) is 0 Å². The standard InChI is InChI=1S/C17H28O16/c18-1-3-5(20)7(22)9(24)17(29-3)32-11-10(25)15(28)31-13(14(26)27)12(11)33-16-8(23)6(21)4(2-19)30-16/h3-13,15-25,28H,1-2H2,(H,26,27)/t3-,4+,5-,6+,7+,8-,9-,10-,11-,12+,13+,15?,16+,17+/m1/s1. The van der Waals surface area contributed by atoms with E-state index in [1.165, 1.54) is 0 Å². The Morgan fingerprint density at radius 3 is 1.58 bits per heavy atom. The molecule has 0 aromatic rings. The topological polar surface area (TPSA) is 266 Å². The Morgan fingerprint density at radius 1 is 0.636 bits per heavy atom. The summed E-state index contributed by atoms with van der Waals surface area (Å²) in [4.78, 5) is 11.7. The van der Waals surface area contributed by atoms with E-state index >= 15 is 0 Å². The monoisotopic (exact) mass is 488 g/mol. The molecule has 3 aliphatic rings. The van der Waals surface area contributed by atoms with E-state index in [1.807, 2.05) is 0 Å². The molecule has 3 rings (SSSR count). The van der Waals surface area contributed by atoms with Crippen LogP contribution in [0, 0.1) is 0 Å². The lowest BCUT2D eigenvalue weighted by Crippen LogP contribution is -2.66. The van der Waals surface area contributed by atoms with Gasteiger partial charge in [0.05, 0.1) is 13.2 Å². The lowest BCUT2D eigenvalue weighted by molar-refractivity contribution is -0.366. The lowest BCUT2D eigenvalue weighted by atomic mass is 9.96. The van der Waals surface area contributed by atoms with Crippen molar-refractivity contribution in [3.63, 3.8) is 0 Å². The molecule has 1 unspecified atom stereocenters. The number of aliphatic hydroxyl groups is 9. The van der Waals surface area contributed by atoms with E-state index in [4.69, 9.17) is 23.7 Å². The Balaban J connectivity index is 1.86. The molecule has 16 heteroatoms. The molecular formula is C17H28O16. The summed E-state index contributed by atoms with van der Waals surface area (Å²) in [5, 5.41) is 98.4. The van der Waals surface area contributed by atoms with Crippen LogP contribution < -0.4 is 0 Å². The first-order chi connectivity index (χ1) is 15.5. The van der Waals surface area contributed by atoms with Crippen LogP contribution in [0.3, 0.4) is 0 Å². The Labute approximate surface area is 185 Å². The van der Waals surface area contributed by atoms with E-state index in [-0.39, 0.29) is 0 Å². The molecule has 16 nitrogen and oxygen atoms in total. The first-order valence-corrected chi connectivity index (χ1v) is 10.00. The van der Waals surface area contributed by atoms with Gasteiger partial charge < -0.3 is 74.7 Å². The normalized spacial score (nSPS) is 50.9. The Bertz CT molecular complexity index is 663. The van der Waals surface area contributed by atoms with Crippen LogP contribution in [0.5, 0.6) is 0 Å². The summed E-state index contributed by atoms with van der Waals surface area (Å²) in [5.41, 5.74) is 0. The third-order valence-electron chi connectivity index (χ3n) is 5.71. The Morgan fingerprint density at radius 2 is 1.09 bits per heavy atom. The summed E-state index contributed by atoms with van der Waals surface area (Å²) in [6.45, 7) is -1.52. The van der Waals surface area contributed by atoms with Crippen LogP contribution in [0.25, 0.3) is 0 Å². The van der Waals surface area contributed by atoms with Gasteiger partial charge in [-0.2, -0.15) is 0 Å². The molecule has 0 aromatic heterocycles. The number of carboxylic acid groups (broad SMARTS) is 1. The highest BCUT2D eigenvalue weighted by atomic mass is 16.8. The smallest absolute Gasteiger partial charge is 0.335 e. The fraction of sp³-hybridized carbons (Fsp3) is 0.941. The molecule has 3 heterocycles. The van der Waals surface area contributed by atoms with Crippen molar-refractivity contribution in [2.45, 2.75) is 86.0 Å². The van der Waals surface area contributed by atoms with Gasteiger partial charge in [0.25, 0.3) is 0 Å². The first-order valence-electron chi connectivity index (χ1n) is 10.00. The maximum absolute atomic E-state index is 11.7. The highest BCUT2D eigenvalue weighted by Gasteiger charge is 2.55. The van der Waals surface area contributed by atoms with Crippen molar-refractivity contribution >= 4 is 5.97 Å². The van der Waals surface area contributed by atoms with Crippen LogP contribution in [0.2, 0.25) is 0 Å². The molecule has 0 aliphatic carbocycles. The van der Waals surface area contributed by atoms with Gasteiger partial charge in [0.2, 0.25) is 0 Å². The molecular weight excluding hydrogens is 460 g/mol. The van der Waals surface area contributed by atoms with Crippen molar-refractivity contribution in [1.29, 1.82) is 0 Å². The number of hydrogen-bond acceptors (Lipinski definition) is 15. The third kappa shape index (κ3) is 5.14. The lowest BCUT2D eigenvalue weighted by Gasteiger charge is -2.46. The van der Waals surface area contributed by atoms with Crippen LogP contribution in [0.4, 0.5) is 0 Å². The van der Waals surface area contributed by atoms with Gasteiger partial charge in [-0.3, -0.25) is 0 Å². The van der Waals surface area contributed by atoms with Gasteiger partial charge in [0.1, 0.15) is 61.0 Å². The van der Waals surface area contributed by atoms with Crippen molar-refractivity contribution in [1.82, 2.24) is 0 Å². The highest BCUT2D eigenvalue weighted by molar-refractivity contribution is 5.73. The minimum atomic E-state index is -2.12. The summed E-state index contributed by atoms with van der Waals surface area (Å²) in [6.07, 6.45) is -25.0. The predicted molar refractivity (Wildman–Crippen MR) is 95.8 cm³/mol. The summed E-state index contributed by atoms with van der Waals surface area (Å²) < 4.78 is 26.0. The van der Waals surface area contributed by atoms with Gasteiger partial charge in [0.15, 0.2) is 25.0 Å². The molecule has 3 aliphatic heterocycles. The third-order valence-corrected chi connectivity index (χ3v) is 5.71. The zero-order valence-corrected chi connectivity index (χ0v) is 16.9. The van der Waals surface area contributed by atoms with E-state index in [0.29, 0.717) is 0 Å². The molecule has 0 saturated carbocycles. The van der Waals surface area contributed by atoms with Crippen molar-refractivity contribution < 1.29 is 79.5 Å². The van der Waals surface area contributed by atoms with Crippen LogP contribution in [-0.2, 0) is 28.5 Å². The fourth-order valence-electron chi connectivity index (χ4n) is 3.81. The number of carbonyl (C=O) groups is 1. The van der Waals surface area contributed by atoms with Crippen molar-refractivity contribution in [3.8, 4) is 0 Å². The molecule has 0 aromatic carbocycles. The average molecular weight is 488 g/mol. The van der Waals surface area contributed by atoms with E-state index in [9.17, 15) is 55.9 Å². The molecule has 0 bridgehead atoms. The number of aliphatic carboxylic acids is 1. The summed E-state index contributed by atoms with van der Waals surface area (Å²) in [7, 11) is 0. The van der Waals surface area contributed by atoms with Gasteiger partial charge in [-0.25, -0.2) is 4.79 Å². The number of rotatable bonds is 7. The quantitative estimate of drug-likeness (QED) is 0.159. The highest BCUT2D eigenvalue weighted by Crippen LogP contribution is 2.33. The second-order valence-corrected chi connectivity index (χ2v) is 7.88. The largest absolute Gasteiger partial charge is 0.479 e. The van der Waals surface area contributed by atoms with Crippen molar-refractivity contribution in [3.05, 3.63) is 0 Å². The van der Waals surface area contributed by atoms with Crippen molar-refractivity contribution in [2.24, 2.45) is 0 Å². The molecule has 10 N–H and O–H groups in total. The van der Waals surface area contributed by atoms with E-state index in [0.717, 1.165) is 0 Å². The average Bonchev–Trinajstić information content (AvgIpc) is 3.05. The van der Waals surface area contributed by atoms with Crippen molar-refractivity contribution in [2.75, 3.05) is 13.2 Å². The first kappa shape index (κ1) is 26.5. The molecule has 0 amide bonds. The van der Waals surface area contributed by atoms with Gasteiger partial charge in [0, 0.05) is 0 Å². The second kappa shape index (κ2) is 10.7. The molecule has 33 heavy (non-hydrogen) atoms. The van der Waals surface area contributed by atoms with E-state index in [1.54, 1.807) is 0 Å². The number of carboxylic acids is 1. The SMILES string of the molecule is O=C(O)[C@H]1OC(O)[C@H](O)[C@@H](O[C@@H]2O[C@H](CO)[C@@H](O)[C@H](O)[C@H]2O)[C@@H]1O[C@@H]1O[C@@H](CO)[C@H](O)[C@H]1O. The minimum Gasteiger partial charge on any atom is -0.479 e. The van der Waals surface area contributed by atoms with E-state index < -0.39 is 105 Å². The summed E-state index contributed by atoms with van der Waals surface area (Å²) >= 11 is 0. The molecule has 0 spiro atoms. The van der Waals surface area contributed by atoms with E-state index in [2.05, 4.69) is 0 Å². The molecule has 0 radical (unpaired) electrons. The van der Waals surface area contributed by atoms with Crippen LogP contribution in [-0.4, -0.2) is 156 Å². The number of aliphatic hydroxyl groups excluding tert-OH is 9. The number of ether oxygens (including phenoxy) is 5. The van der Waals surface area contributed by atoms with Gasteiger partial charge in [-0.1, -0.05) is 0 Å². The number of hydrogen-bond donors (Lipinski definition) is 10. The van der Waals surface area contributed by atoms with Crippen LogP contribution in [0.15, 0.2) is 0 Å². The molecule has 3 fully saturated rings. The Kier molecular flexibility index (Phi) is 8.57.